The number of carbonyl (C=O) groups is 1. The number of benzene rings is 1. The number of hydrogen-bond donors (Lipinski definition) is 1. The molecule has 130 valence electrons. The van der Waals surface area contributed by atoms with E-state index in [4.69, 9.17) is 9.78 Å². The number of likely N-dealkylation sites (tertiary alicyclic amines) is 1. The van der Waals surface area contributed by atoms with Crippen molar-refractivity contribution >= 4 is 11.6 Å². The summed E-state index contributed by atoms with van der Waals surface area (Å²) in [7, 11) is 0. The lowest BCUT2D eigenvalue weighted by molar-refractivity contribution is -0.121. The molecule has 2 unspecified atom stereocenters. The number of aromatic nitrogens is 2. The van der Waals surface area contributed by atoms with Crippen LogP contribution in [0, 0.1) is 18.3 Å². The average Bonchev–Trinajstić information content (AvgIpc) is 3.07. The Kier molecular flexibility index (Phi) is 5.10. The summed E-state index contributed by atoms with van der Waals surface area (Å²) in [5.41, 5.74) is 1.16. The normalized spacial score (nSPS) is 19.2. The van der Waals surface area contributed by atoms with Gasteiger partial charge in [0.15, 0.2) is 5.82 Å². The third-order valence-corrected chi connectivity index (χ3v) is 4.53. The van der Waals surface area contributed by atoms with E-state index in [-0.39, 0.29) is 17.9 Å². The summed E-state index contributed by atoms with van der Waals surface area (Å²) in [4.78, 5) is 19.0. The van der Waals surface area contributed by atoms with Gasteiger partial charge in [0.2, 0.25) is 11.8 Å². The van der Waals surface area contributed by atoms with Crippen LogP contribution in [0.4, 0.5) is 5.69 Å². The summed E-state index contributed by atoms with van der Waals surface area (Å²) in [5, 5.41) is 15.7. The van der Waals surface area contributed by atoms with E-state index in [1.54, 1.807) is 31.2 Å². The van der Waals surface area contributed by atoms with Gasteiger partial charge in [-0.25, -0.2) is 0 Å². The van der Waals surface area contributed by atoms with Gasteiger partial charge in [0.1, 0.15) is 0 Å². The SMILES string of the molecule is Cc1noc(C2CCCN(C(C)C(=O)Nc3cccc(C#N)c3)C2)n1. The molecule has 1 saturated heterocycles. The molecule has 2 atom stereocenters. The van der Waals surface area contributed by atoms with Crippen LogP contribution < -0.4 is 5.32 Å². The smallest absolute Gasteiger partial charge is 0.241 e. The first-order chi connectivity index (χ1) is 12.1. The highest BCUT2D eigenvalue weighted by atomic mass is 16.5. The minimum absolute atomic E-state index is 0.0857. The Morgan fingerprint density at radius 2 is 2.36 bits per heavy atom. The molecule has 7 nitrogen and oxygen atoms in total. The second kappa shape index (κ2) is 7.45. The van der Waals surface area contributed by atoms with Crippen LogP contribution in [0.5, 0.6) is 0 Å². The summed E-state index contributed by atoms with van der Waals surface area (Å²) >= 11 is 0. The van der Waals surface area contributed by atoms with Gasteiger partial charge in [-0.1, -0.05) is 11.2 Å². The molecule has 25 heavy (non-hydrogen) atoms. The Bertz CT molecular complexity index is 795. The number of hydrogen-bond acceptors (Lipinski definition) is 6. The molecule has 1 aromatic heterocycles. The van der Waals surface area contributed by atoms with Crippen molar-refractivity contribution in [3.05, 3.63) is 41.5 Å². The van der Waals surface area contributed by atoms with E-state index in [2.05, 4.69) is 26.4 Å². The zero-order chi connectivity index (χ0) is 17.8. The first-order valence-electron chi connectivity index (χ1n) is 8.42. The van der Waals surface area contributed by atoms with Gasteiger partial charge in [0.25, 0.3) is 0 Å². The van der Waals surface area contributed by atoms with Gasteiger partial charge in [0, 0.05) is 12.2 Å². The zero-order valence-corrected chi connectivity index (χ0v) is 14.4. The molecule has 1 aromatic carbocycles. The minimum atomic E-state index is -0.280. The van der Waals surface area contributed by atoms with Gasteiger partial charge in [-0.15, -0.1) is 0 Å². The van der Waals surface area contributed by atoms with E-state index < -0.39 is 0 Å². The fourth-order valence-corrected chi connectivity index (χ4v) is 3.12. The fourth-order valence-electron chi connectivity index (χ4n) is 3.12. The van der Waals surface area contributed by atoms with E-state index >= 15 is 0 Å². The first kappa shape index (κ1) is 17.1. The Balaban J connectivity index is 1.64. The van der Waals surface area contributed by atoms with Crippen molar-refractivity contribution < 1.29 is 9.32 Å². The fraction of sp³-hybridized carbons (Fsp3) is 0.444. The predicted octanol–water partition coefficient (Wildman–Crippen LogP) is 2.46. The highest BCUT2D eigenvalue weighted by molar-refractivity contribution is 5.94. The quantitative estimate of drug-likeness (QED) is 0.919. The number of nitriles is 1. The Labute approximate surface area is 146 Å². The second-order valence-corrected chi connectivity index (χ2v) is 6.37. The van der Waals surface area contributed by atoms with E-state index in [1.807, 2.05) is 6.92 Å². The lowest BCUT2D eigenvalue weighted by Gasteiger charge is -2.34. The summed E-state index contributed by atoms with van der Waals surface area (Å²) in [6.07, 6.45) is 1.96. The maximum Gasteiger partial charge on any atom is 0.241 e. The second-order valence-electron chi connectivity index (χ2n) is 6.37. The van der Waals surface area contributed by atoms with Crippen molar-refractivity contribution in [1.82, 2.24) is 15.0 Å². The van der Waals surface area contributed by atoms with Crippen LogP contribution in [-0.2, 0) is 4.79 Å². The molecule has 0 bridgehead atoms. The molecule has 2 aromatic rings. The van der Waals surface area contributed by atoms with Crippen molar-refractivity contribution in [1.29, 1.82) is 5.26 Å². The van der Waals surface area contributed by atoms with Gasteiger partial charge in [0.05, 0.1) is 23.6 Å². The van der Waals surface area contributed by atoms with Gasteiger partial charge >= 0.3 is 0 Å². The number of amides is 1. The maximum atomic E-state index is 12.6. The van der Waals surface area contributed by atoms with E-state index in [1.165, 1.54) is 0 Å². The molecule has 2 heterocycles. The molecule has 0 saturated carbocycles. The van der Waals surface area contributed by atoms with Crippen LogP contribution in [0.2, 0.25) is 0 Å². The lowest BCUT2D eigenvalue weighted by Crippen LogP contribution is -2.46. The summed E-state index contributed by atoms with van der Waals surface area (Å²) < 4.78 is 5.29. The van der Waals surface area contributed by atoms with Crippen LogP contribution >= 0.6 is 0 Å². The van der Waals surface area contributed by atoms with Crippen molar-refractivity contribution in [2.24, 2.45) is 0 Å². The largest absolute Gasteiger partial charge is 0.339 e. The number of nitrogens with zero attached hydrogens (tertiary/aromatic N) is 4. The van der Waals surface area contributed by atoms with E-state index in [0.717, 1.165) is 19.4 Å². The first-order valence-corrected chi connectivity index (χ1v) is 8.42. The number of nitrogens with one attached hydrogen (secondary N) is 1. The summed E-state index contributed by atoms with van der Waals surface area (Å²) in [6.45, 7) is 5.27. The Morgan fingerprint density at radius 3 is 3.08 bits per heavy atom. The molecule has 1 aliphatic heterocycles. The molecule has 1 fully saturated rings. The molecule has 3 rings (SSSR count). The van der Waals surface area contributed by atoms with Crippen LogP contribution in [-0.4, -0.2) is 40.1 Å². The van der Waals surface area contributed by atoms with Crippen LogP contribution in [0.15, 0.2) is 28.8 Å². The number of piperidine rings is 1. The molecule has 1 N–H and O–H groups in total. The number of carbonyl (C=O) groups excluding carboxylic acids is 1. The van der Waals surface area contributed by atoms with Gasteiger partial charge in [-0.05, 0) is 51.4 Å². The lowest BCUT2D eigenvalue weighted by atomic mass is 9.96. The van der Waals surface area contributed by atoms with Crippen LogP contribution in [0.1, 0.15) is 43.0 Å². The molecule has 0 aliphatic carbocycles. The monoisotopic (exact) mass is 339 g/mol. The molecular weight excluding hydrogens is 318 g/mol. The Morgan fingerprint density at radius 1 is 1.52 bits per heavy atom. The summed E-state index contributed by atoms with van der Waals surface area (Å²) in [5.74, 6) is 1.36. The third-order valence-electron chi connectivity index (χ3n) is 4.53. The number of aryl methyl sites for hydroxylation is 1. The van der Waals surface area contributed by atoms with E-state index in [0.29, 0.717) is 29.5 Å². The van der Waals surface area contributed by atoms with Crippen LogP contribution in [0.3, 0.4) is 0 Å². The van der Waals surface area contributed by atoms with Crippen molar-refractivity contribution in [3.63, 3.8) is 0 Å². The number of rotatable bonds is 4. The minimum Gasteiger partial charge on any atom is -0.339 e. The number of anilines is 1. The molecule has 1 amide bonds. The topological polar surface area (TPSA) is 95.0 Å². The predicted molar refractivity (Wildman–Crippen MR) is 91.8 cm³/mol. The molecule has 1 aliphatic rings. The highest BCUT2D eigenvalue weighted by Gasteiger charge is 2.30. The Hall–Kier alpha value is -2.72. The molecule has 0 radical (unpaired) electrons. The van der Waals surface area contributed by atoms with E-state index in [9.17, 15) is 4.79 Å². The maximum absolute atomic E-state index is 12.6. The van der Waals surface area contributed by atoms with Crippen molar-refractivity contribution in [3.8, 4) is 6.07 Å². The third kappa shape index (κ3) is 4.03. The van der Waals surface area contributed by atoms with Gasteiger partial charge in [-0.2, -0.15) is 10.2 Å². The summed E-state index contributed by atoms with van der Waals surface area (Å²) in [6, 6.07) is 8.72. The molecule has 0 spiro atoms. The van der Waals surface area contributed by atoms with Crippen molar-refractivity contribution in [2.45, 2.75) is 38.6 Å². The van der Waals surface area contributed by atoms with Gasteiger partial charge in [-0.3, -0.25) is 9.69 Å². The standard InChI is InChI=1S/C18H21N5O2/c1-12(17(24)21-16-7-3-5-14(9-16)10-19)23-8-4-6-15(11-23)18-20-13(2)22-25-18/h3,5,7,9,12,15H,4,6,8,11H2,1-2H3,(H,21,24). The van der Waals surface area contributed by atoms with Crippen LogP contribution in [0.25, 0.3) is 0 Å². The van der Waals surface area contributed by atoms with Gasteiger partial charge < -0.3 is 9.84 Å². The van der Waals surface area contributed by atoms with Crippen molar-refractivity contribution in [2.75, 3.05) is 18.4 Å². The highest BCUT2D eigenvalue weighted by Crippen LogP contribution is 2.27. The molecular formula is C18H21N5O2. The zero-order valence-electron chi connectivity index (χ0n) is 14.4. The average molecular weight is 339 g/mol. The molecule has 7 heteroatoms.